The molecule has 14 heavy (non-hydrogen) atoms. The topological polar surface area (TPSA) is 29.6 Å². The Labute approximate surface area is 86.7 Å². The molecule has 1 heterocycles. The van der Waals surface area contributed by atoms with Crippen molar-refractivity contribution in [1.29, 1.82) is 0 Å². The molecular formula is C11H14O2S. The molecule has 0 aliphatic carbocycles. The van der Waals surface area contributed by atoms with E-state index in [0.29, 0.717) is 5.75 Å². The van der Waals surface area contributed by atoms with Crippen LogP contribution in [-0.4, -0.2) is 21.7 Å². The van der Waals surface area contributed by atoms with Crippen LogP contribution in [0, 0.1) is 0 Å². The van der Waals surface area contributed by atoms with Crippen LogP contribution in [0.25, 0.3) is 0 Å². The van der Waals surface area contributed by atoms with Gasteiger partial charge >= 0.3 is 0 Å². The largest absolute Gasteiger partial charge is 0.366 e. The van der Waals surface area contributed by atoms with Gasteiger partial charge in [0, 0.05) is 4.90 Å². The van der Waals surface area contributed by atoms with Crippen LogP contribution in [0.2, 0.25) is 0 Å². The van der Waals surface area contributed by atoms with Crippen molar-refractivity contribution in [3.63, 3.8) is 0 Å². The first-order valence-corrected chi connectivity index (χ1v) is 6.03. The minimum atomic E-state index is -0.923. The first-order chi connectivity index (χ1) is 6.59. The van der Waals surface area contributed by atoms with Crippen LogP contribution >= 0.6 is 0 Å². The Morgan fingerprint density at radius 3 is 2.43 bits per heavy atom. The first-order valence-electron chi connectivity index (χ1n) is 4.71. The highest BCUT2D eigenvalue weighted by Gasteiger charge is 2.48. The maximum absolute atomic E-state index is 11.8. The van der Waals surface area contributed by atoms with E-state index in [1.165, 1.54) is 0 Å². The van der Waals surface area contributed by atoms with Gasteiger partial charge in [0.25, 0.3) is 0 Å². The summed E-state index contributed by atoms with van der Waals surface area (Å²) < 4.78 is 17.2. The van der Waals surface area contributed by atoms with Crippen LogP contribution in [-0.2, 0) is 15.5 Å². The van der Waals surface area contributed by atoms with Crippen LogP contribution in [0.15, 0.2) is 35.2 Å². The number of epoxide rings is 1. The summed E-state index contributed by atoms with van der Waals surface area (Å²) in [5.74, 6) is 0.608. The fourth-order valence-corrected chi connectivity index (χ4v) is 2.77. The second-order valence-corrected chi connectivity index (χ2v) is 5.53. The predicted octanol–water partition coefficient (Wildman–Crippen LogP) is 1.97. The maximum atomic E-state index is 11.8. The van der Waals surface area contributed by atoms with Crippen LogP contribution in [0.4, 0.5) is 0 Å². The molecule has 1 saturated heterocycles. The number of hydrogen-bond donors (Lipinski definition) is 0. The molecule has 76 valence electrons. The van der Waals surface area contributed by atoms with E-state index < -0.39 is 10.8 Å². The minimum Gasteiger partial charge on any atom is -0.366 e. The number of hydrogen-bond acceptors (Lipinski definition) is 2. The second-order valence-electron chi connectivity index (χ2n) is 4.04. The van der Waals surface area contributed by atoms with Crippen molar-refractivity contribution in [3.8, 4) is 0 Å². The maximum Gasteiger partial charge on any atom is 0.0986 e. The van der Waals surface area contributed by atoms with Crippen molar-refractivity contribution in [2.45, 2.75) is 30.4 Å². The molecule has 1 aliphatic heterocycles. The van der Waals surface area contributed by atoms with Crippen molar-refractivity contribution in [2.75, 3.05) is 5.75 Å². The molecule has 2 rings (SSSR count). The lowest BCUT2D eigenvalue weighted by molar-refractivity contribution is 0.329. The monoisotopic (exact) mass is 210 g/mol. The lowest BCUT2D eigenvalue weighted by atomic mass is 10.2. The molecular weight excluding hydrogens is 196 g/mol. The first kappa shape index (κ1) is 9.87. The summed E-state index contributed by atoms with van der Waals surface area (Å²) in [7, 11) is -0.923. The molecule has 0 amide bonds. The van der Waals surface area contributed by atoms with E-state index in [4.69, 9.17) is 4.74 Å². The lowest BCUT2D eigenvalue weighted by Gasteiger charge is -1.99. The summed E-state index contributed by atoms with van der Waals surface area (Å²) in [6.07, 6.45) is 0.156. The van der Waals surface area contributed by atoms with E-state index >= 15 is 0 Å². The molecule has 2 atom stereocenters. The van der Waals surface area contributed by atoms with Gasteiger partial charge in [-0.05, 0) is 26.0 Å². The zero-order chi connectivity index (χ0) is 10.2. The SMILES string of the molecule is CC1(C)O[C@@H]1C[S@@](=O)c1ccccc1. The van der Waals surface area contributed by atoms with Gasteiger partial charge < -0.3 is 4.74 Å². The average Bonchev–Trinajstić information content (AvgIpc) is 2.75. The van der Waals surface area contributed by atoms with Crippen molar-refractivity contribution < 1.29 is 8.95 Å². The smallest absolute Gasteiger partial charge is 0.0986 e. The summed E-state index contributed by atoms with van der Waals surface area (Å²) in [6, 6.07) is 9.54. The fraction of sp³-hybridized carbons (Fsp3) is 0.455. The molecule has 3 heteroatoms. The Morgan fingerprint density at radius 2 is 1.93 bits per heavy atom. The third kappa shape index (κ3) is 2.04. The molecule has 1 aromatic carbocycles. The molecule has 0 bridgehead atoms. The predicted molar refractivity (Wildman–Crippen MR) is 56.7 cm³/mol. The zero-order valence-electron chi connectivity index (χ0n) is 8.40. The van der Waals surface area contributed by atoms with Gasteiger partial charge in [0.15, 0.2) is 0 Å². The summed E-state index contributed by atoms with van der Waals surface area (Å²) in [5.41, 5.74) is -0.0650. The van der Waals surface area contributed by atoms with E-state index in [-0.39, 0.29) is 11.7 Å². The highest BCUT2D eigenvalue weighted by Crippen LogP contribution is 2.36. The van der Waals surface area contributed by atoms with Crippen molar-refractivity contribution in [1.82, 2.24) is 0 Å². The van der Waals surface area contributed by atoms with Gasteiger partial charge in [-0.3, -0.25) is 4.21 Å². The third-order valence-corrected chi connectivity index (χ3v) is 3.88. The van der Waals surface area contributed by atoms with Gasteiger partial charge in [-0.1, -0.05) is 18.2 Å². The fourth-order valence-electron chi connectivity index (χ4n) is 1.37. The second kappa shape index (κ2) is 3.48. The summed E-state index contributed by atoms with van der Waals surface area (Å²) >= 11 is 0. The van der Waals surface area contributed by atoms with E-state index in [0.717, 1.165) is 4.90 Å². The summed E-state index contributed by atoms with van der Waals surface area (Å²) in [5, 5.41) is 0. The lowest BCUT2D eigenvalue weighted by Crippen LogP contribution is -2.11. The number of ether oxygens (including phenoxy) is 1. The van der Waals surface area contributed by atoms with Gasteiger partial charge in [-0.25, -0.2) is 0 Å². The molecule has 1 aromatic rings. The van der Waals surface area contributed by atoms with Gasteiger partial charge in [-0.15, -0.1) is 0 Å². The van der Waals surface area contributed by atoms with E-state index in [2.05, 4.69) is 0 Å². The van der Waals surface area contributed by atoms with Crippen LogP contribution in [0.5, 0.6) is 0 Å². The molecule has 0 unspecified atom stereocenters. The summed E-state index contributed by atoms with van der Waals surface area (Å²) in [4.78, 5) is 0.888. The van der Waals surface area contributed by atoms with Crippen molar-refractivity contribution in [3.05, 3.63) is 30.3 Å². The Balaban J connectivity index is 1.98. The van der Waals surface area contributed by atoms with E-state index in [9.17, 15) is 4.21 Å². The molecule has 0 saturated carbocycles. The van der Waals surface area contributed by atoms with Gasteiger partial charge in [0.1, 0.15) is 0 Å². The number of benzene rings is 1. The molecule has 0 spiro atoms. The van der Waals surface area contributed by atoms with E-state index in [1.54, 1.807) is 0 Å². The van der Waals surface area contributed by atoms with E-state index in [1.807, 2.05) is 44.2 Å². The Morgan fingerprint density at radius 1 is 1.36 bits per heavy atom. The Bertz CT molecular complexity index is 346. The standard InChI is InChI=1S/C11H14O2S/c1-11(2)10(13-11)8-14(12)9-6-4-3-5-7-9/h3-7,10H,8H2,1-2H3/t10-,14-/m1/s1. The van der Waals surface area contributed by atoms with Gasteiger partial charge in [-0.2, -0.15) is 0 Å². The average molecular weight is 210 g/mol. The quantitative estimate of drug-likeness (QED) is 0.714. The van der Waals surface area contributed by atoms with Crippen LogP contribution < -0.4 is 0 Å². The van der Waals surface area contributed by atoms with Gasteiger partial charge in [0.05, 0.1) is 28.3 Å². The van der Waals surface area contributed by atoms with Gasteiger partial charge in [0.2, 0.25) is 0 Å². The molecule has 0 N–H and O–H groups in total. The third-order valence-electron chi connectivity index (χ3n) is 2.47. The minimum absolute atomic E-state index is 0.0650. The van der Waals surface area contributed by atoms with Crippen molar-refractivity contribution in [2.24, 2.45) is 0 Å². The molecule has 1 fully saturated rings. The molecule has 2 nitrogen and oxygen atoms in total. The number of rotatable bonds is 3. The van der Waals surface area contributed by atoms with Crippen LogP contribution in [0.1, 0.15) is 13.8 Å². The summed E-state index contributed by atoms with van der Waals surface area (Å²) in [6.45, 7) is 4.06. The molecule has 0 radical (unpaired) electrons. The Hall–Kier alpha value is -0.670. The van der Waals surface area contributed by atoms with Crippen molar-refractivity contribution >= 4 is 10.8 Å². The normalized spacial score (nSPS) is 25.7. The zero-order valence-corrected chi connectivity index (χ0v) is 9.21. The Kier molecular flexibility index (Phi) is 2.45. The molecule has 0 aromatic heterocycles. The molecule has 1 aliphatic rings. The highest BCUT2D eigenvalue weighted by molar-refractivity contribution is 7.85. The van der Waals surface area contributed by atoms with Crippen LogP contribution in [0.3, 0.4) is 0 Å². The highest BCUT2D eigenvalue weighted by atomic mass is 32.2.